The summed E-state index contributed by atoms with van der Waals surface area (Å²) in [6.07, 6.45) is 4.70. The second kappa shape index (κ2) is 6.03. The molecule has 12 heavy (non-hydrogen) atoms. The van der Waals surface area contributed by atoms with Gasteiger partial charge in [-0.15, -0.1) is 0 Å². The molecule has 1 rings (SSSR count). The molecule has 0 N–H and O–H groups in total. The average molecular weight is 172 g/mol. The maximum Gasteiger partial charge on any atom is 0.0898 e. The van der Waals surface area contributed by atoms with Crippen LogP contribution in [0.1, 0.15) is 13.3 Å². The van der Waals surface area contributed by atoms with Gasteiger partial charge >= 0.3 is 0 Å². The molecule has 3 heteroatoms. The van der Waals surface area contributed by atoms with Gasteiger partial charge in [-0.25, -0.2) is 0 Å². The Kier molecular flexibility index (Phi) is 4.80. The molecule has 1 heterocycles. The lowest BCUT2D eigenvalue weighted by Gasteiger charge is -2.22. The normalized spacial score (nSPS) is 24.6. The van der Waals surface area contributed by atoms with Crippen LogP contribution in [0.2, 0.25) is 0 Å². The van der Waals surface area contributed by atoms with Gasteiger partial charge in [0.2, 0.25) is 0 Å². The minimum absolute atomic E-state index is 0.226. The molecule has 1 saturated heterocycles. The lowest BCUT2D eigenvalue weighted by molar-refractivity contribution is -0.0947. The van der Waals surface area contributed by atoms with Crippen LogP contribution in [0, 0.1) is 0 Å². The second-order valence-electron chi connectivity index (χ2n) is 2.70. The number of ether oxygens (including phenoxy) is 3. The summed E-state index contributed by atoms with van der Waals surface area (Å²) >= 11 is 0. The van der Waals surface area contributed by atoms with Gasteiger partial charge in [0.1, 0.15) is 0 Å². The van der Waals surface area contributed by atoms with Crippen LogP contribution in [0.3, 0.4) is 0 Å². The number of allylic oxidation sites excluding steroid dienone is 1. The molecule has 1 unspecified atom stereocenters. The minimum atomic E-state index is 0.226. The first-order valence-electron chi connectivity index (χ1n) is 4.35. The van der Waals surface area contributed by atoms with Crippen LogP contribution in [0.4, 0.5) is 0 Å². The molecule has 0 aromatic rings. The third-order valence-corrected chi connectivity index (χ3v) is 1.67. The van der Waals surface area contributed by atoms with E-state index in [-0.39, 0.29) is 6.10 Å². The standard InChI is InChI=1S/C9H16O3/c1-2-4-10-5-3-9-8-11-6-7-12-9/h2,4,9H,3,5-8H2,1H3/b4-2+. The lowest BCUT2D eigenvalue weighted by atomic mass is 10.2. The molecule has 1 atom stereocenters. The zero-order chi connectivity index (χ0) is 8.65. The summed E-state index contributed by atoms with van der Waals surface area (Å²) in [5.74, 6) is 0. The second-order valence-corrected chi connectivity index (χ2v) is 2.70. The fraction of sp³-hybridized carbons (Fsp3) is 0.778. The molecule has 0 spiro atoms. The van der Waals surface area contributed by atoms with Crippen LogP contribution in [0.15, 0.2) is 12.3 Å². The highest BCUT2D eigenvalue weighted by Gasteiger charge is 2.13. The van der Waals surface area contributed by atoms with Crippen molar-refractivity contribution < 1.29 is 14.2 Å². The fourth-order valence-electron chi connectivity index (χ4n) is 1.07. The Balaban J connectivity index is 1.97. The van der Waals surface area contributed by atoms with Crippen molar-refractivity contribution in [2.45, 2.75) is 19.4 Å². The first-order valence-corrected chi connectivity index (χ1v) is 4.35. The van der Waals surface area contributed by atoms with Crippen molar-refractivity contribution in [1.29, 1.82) is 0 Å². The molecule has 0 aromatic carbocycles. The maximum absolute atomic E-state index is 5.43. The molecular formula is C9H16O3. The van der Waals surface area contributed by atoms with Gasteiger partial charge in [-0.05, 0) is 6.92 Å². The Bertz CT molecular complexity index is 128. The maximum atomic E-state index is 5.43. The molecule has 1 aliphatic rings. The predicted octanol–water partition coefficient (Wildman–Crippen LogP) is 1.34. The van der Waals surface area contributed by atoms with Crippen LogP contribution in [0.5, 0.6) is 0 Å². The Morgan fingerprint density at radius 2 is 2.42 bits per heavy atom. The van der Waals surface area contributed by atoms with E-state index < -0.39 is 0 Å². The van der Waals surface area contributed by atoms with E-state index in [2.05, 4.69) is 0 Å². The van der Waals surface area contributed by atoms with E-state index in [0.29, 0.717) is 19.8 Å². The molecule has 0 amide bonds. The van der Waals surface area contributed by atoms with E-state index in [0.717, 1.165) is 13.0 Å². The molecule has 1 aliphatic heterocycles. The van der Waals surface area contributed by atoms with Gasteiger partial charge in [0.15, 0.2) is 0 Å². The summed E-state index contributed by atoms with van der Waals surface area (Å²) in [4.78, 5) is 0. The molecule has 70 valence electrons. The highest BCUT2D eigenvalue weighted by Crippen LogP contribution is 2.04. The smallest absolute Gasteiger partial charge is 0.0898 e. The molecule has 0 radical (unpaired) electrons. The van der Waals surface area contributed by atoms with Crippen molar-refractivity contribution in [1.82, 2.24) is 0 Å². The van der Waals surface area contributed by atoms with Gasteiger partial charge in [-0.3, -0.25) is 0 Å². The van der Waals surface area contributed by atoms with Crippen LogP contribution in [0.25, 0.3) is 0 Å². The zero-order valence-corrected chi connectivity index (χ0v) is 7.49. The third-order valence-electron chi connectivity index (χ3n) is 1.67. The van der Waals surface area contributed by atoms with E-state index in [1.807, 2.05) is 13.0 Å². The van der Waals surface area contributed by atoms with Crippen LogP contribution >= 0.6 is 0 Å². The van der Waals surface area contributed by atoms with Crippen LogP contribution in [-0.2, 0) is 14.2 Å². The average Bonchev–Trinajstić information content (AvgIpc) is 2.14. The van der Waals surface area contributed by atoms with Crippen molar-refractivity contribution in [3.05, 3.63) is 12.3 Å². The van der Waals surface area contributed by atoms with Crippen molar-refractivity contribution in [2.24, 2.45) is 0 Å². The Morgan fingerprint density at radius 3 is 3.08 bits per heavy atom. The van der Waals surface area contributed by atoms with E-state index in [1.54, 1.807) is 6.26 Å². The number of hydrogen-bond acceptors (Lipinski definition) is 3. The fourth-order valence-corrected chi connectivity index (χ4v) is 1.07. The molecular weight excluding hydrogens is 156 g/mol. The first-order chi connectivity index (χ1) is 5.93. The monoisotopic (exact) mass is 172 g/mol. The molecule has 0 saturated carbocycles. The Morgan fingerprint density at radius 1 is 1.50 bits per heavy atom. The Hall–Kier alpha value is -0.540. The SMILES string of the molecule is C/C=C/OCCC1COCCO1. The lowest BCUT2D eigenvalue weighted by Crippen LogP contribution is -2.29. The van der Waals surface area contributed by atoms with Gasteiger partial charge in [-0.1, -0.05) is 6.08 Å². The number of hydrogen-bond donors (Lipinski definition) is 0. The third kappa shape index (κ3) is 3.74. The summed E-state index contributed by atoms with van der Waals surface area (Å²) in [6, 6.07) is 0. The Labute approximate surface area is 73.3 Å². The quantitative estimate of drug-likeness (QED) is 0.473. The van der Waals surface area contributed by atoms with Crippen LogP contribution in [-0.4, -0.2) is 32.5 Å². The molecule has 0 aliphatic carbocycles. The van der Waals surface area contributed by atoms with Gasteiger partial charge in [0.25, 0.3) is 0 Å². The predicted molar refractivity (Wildman–Crippen MR) is 45.9 cm³/mol. The van der Waals surface area contributed by atoms with Gasteiger partial charge in [0.05, 0.1) is 38.8 Å². The summed E-state index contributed by atoms with van der Waals surface area (Å²) < 4.78 is 15.8. The van der Waals surface area contributed by atoms with Crippen molar-refractivity contribution in [3.63, 3.8) is 0 Å². The molecule has 1 fully saturated rings. The van der Waals surface area contributed by atoms with E-state index >= 15 is 0 Å². The highest BCUT2D eigenvalue weighted by molar-refractivity contribution is 4.66. The summed E-state index contributed by atoms with van der Waals surface area (Å²) in [7, 11) is 0. The molecule has 0 aromatic heterocycles. The number of rotatable bonds is 4. The van der Waals surface area contributed by atoms with Crippen molar-refractivity contribution >= 4 is 0 Å². The molecule has 0 bridgehead atoms. The minimum Gasteiger partial charge on any atom is -0.501 e. The van der Waals surface area contributed by atoms with E-state index in [4.69, 9.17) is 14.2 Å². The van der Waals surface area contributed by atoms with Crippen molar-refractivity contribution in [3.8, 4) is 0 Å². The largest absolute Gasteiger partial charge is 0.501 e. The topological polar surface area (TPSA) is 27.7 Å². The summed E-state index contributed by atoms with van der Waals surface area (Å²) in [6.45, 7) is 4.79. The van der Waals surface area contributed by atoms with Gasteiger partial charge in [-0.2, -0.15) is 0 Å². The highest BCUT2D eigenvalue weighted by atomic mass is 16.6. The van der Waals surface area contributed by atoms with Crippen molar-refractivity contribution in [2.75, 3.05) is 26.4 Å². The summed E-state index contributed by atoms with van der Waals surface area (Å²) in [5.41, 5.74) is 0. The van der Waals surface area contributed by atoms with E-state index in [1.165, 1.54) is 0 Å². The van der Waals surface area contributed by atoms with Gasteiger partial charge in [0, 0.05) is 6.42 Å². The van der Waals surface area contributed by atoms with E-state index in [9.17, 15) is 0 Å². The molecule has 3 nitrogen and oxygen atoms in total. The van der Waals surface area contributed by atoms with Gasteiger partial charge < -0.3 is 14.2 Å². The summed E-state index contributed by atoms with van der Waals surface area (Å²) in [5, 5.41) is 0. The van der Waals surface area contributed by atoms with Crippen LogP contribution < -0.4 is 0 Å². The zero-order valence-electron chi connectivity index (χ0n) is 7.49. The first kappa shape index (κ1) is 9.55.